The third-order valence-corrected chi connectivity index (χ3v) is 5.99. The number of thioether (sulfide) groups is 1. The lowest BCUT2D eigenvalue weighted by atomic mass is 9.95. The zero-order chi connectivity index (χ0) is 14.2. The van der Waals surface area contributed by atoms with Gasteiger partial charge in [-0.15, -0.1) is 0 Å². The highest BCUT2D eigenvalue weighted by atomic mass is 32.2. The topological polar surface area (TPSA) is 32.3 Å². The monoisotopic (exact) mass is 290 g/mol. The van der Waals surface area contributed by atoms with Crippen LogP contribution in [0.25, 0.3) is 0 Å². The predicted molar refractivity (Wildman–Crippen MR) is 85.3 cm³/mol. The summed E-state index contributed by atoms with van der Waals surface area (Å²) in [7, 11) is 1.87. The first-order chi connectivity index (χ1) is 9.59. The Balaban J connectivity index is 1.76. The van der Waals surface area contributed by atoms with Crippen LogP contribution in [-0.4, -0.2) is 30.0 Å². The summed E-state index contributed by atoms with van der Waals surface area (Å²) >= 11 is 2.06. The molecule has 1 N–H and O–H groups in total. The van der Waals surface area contributed by atoms with E-state index in [1.807, 2.05) is 19.2 Å². The fourth-order valence-corrected chi connectivity index (χ4v) is 4.40. The third kappa shape index (κ3) is 2.59. The van der Waals surface area contributed by atoms with Gasteiger partial charge in [0.15, 0.2) is 0 Å². The van der Waals surface area contributed by atoms with Crippen molar-refractivity contribution in [3.8, 4) is 0 Å². The van der Waals surface area contributed by atoms with E-state index in [0.717, 1.165) is 12.2 Å². The maximum absolute atomic E-state index is 12.1. The smallest absolute Gasteiger partial charge is 0.228 e. The Kier molecular flexibility index (Phi) is 3.78. The summed E-state index contributed by atoms with van der Waals surface area (Å²) in [5.74, 6) is 1.46. The van der Waals surface area contributed by atoms with Crippen LogP contribution in [0.4, 0.5) is 5.69 Å². The van der Waals surface area contributed by atoms with Gasteiger partial charge in [0.05, 0.1) is 0 Å². The fraction of sp³-hybridized carbons (Fsp3) is 0.562. The highest BCUT2D eigenvalue weighted by Crippen LogP contribution is 2.39. The molecule has 0 bridgehead atoms. The van der Waals surface area contributed by atoms with E-state index in [1.54, 1.807) is 4.90 Å². The Morgan fingerprint density at radius 1 is 1.45 bits per heavy atom. The molecule has 3 nitrogen and oxygen atoms in total. The molecule has 4 heteroatoms. The van der Waals surface area contributed by atoms with Gasteiger partial charge in [-0.1, -0.05) is 18.2 Å². The Labute approximate surface area is 125 Å². The number of carbonyl (C=O) groups is 1. The number of hydrogen-bond acceptors (Lipinski definition) is 3. The molecule has 1 fully saturated rings. The second kappa shape index (κ2) is 5.41. The van der Waals surface area contributed by atoms with Gasteiger partial charge in [0.2, 0.25) is 5.91 Å². The van der Waals surface area contributed by atoms with Crippen LogP contribution in [0.3, 0.4) is 0 Å². The second-order valence-electron chi connectivity index (χ2n) is 6.05. The van der Waals surface area contributed by atoms with Gasteiger partial charge in [-0.05, 0) is 37.1 Å². The van der Waals surface area contributed by atoms with Crippen LogP contribution in [-0.2, 0) is 4.79 Å². The molecule has 2 aliphatic heterocycles. The van der Waals surface area contributed by atoms with Crippen LogP contribution in [0.2, 0.25) is 0 Å². The second-order valence-corrected chi connectivity index (χ2v) is 7.73. The lowest BCUT2D eigenvalue weighted by Gasteiger charge is -2.34. The van der Waals surface area contributed by atoms with Crippen molar-refractivity contribution in [2.75, 3.05) is 24.2 Å². The molecule has 1 amide bonds. The summed E-state index contributed by atoms with van der Waals surface area (Å²) in [6.07, 6.45) is 3.15. The normalized spacial score (nSPS) is 29.6. The lowest BCUT2D eigenvalue weighted by Crippen LogP contribution is -2.41. The zero-order valence-corrected chi connectivity index (χ0v) is 13.0. The number of amides is 1. The fourth-order valence-electron chi connectivity index (χ4n) is 3.14. The average molecular weight is 290 g/mol. The van der Waals surface area contributed by atoms with Crippen molar-refractivity contribution in [2.45, 2.75) is 37.0 Å². The number of nitrogens with one attached hydrogen (secondary N) is 1. The highest BCUT2D eigenvalue weighted by molar-refractivity contribution is 8.00. The predicted octanol–water partition coefficient (Wildman–Crippen LogP) is 2.97. The number of para-hydroxylation sites is 1. The molecule has 0 spiro atoms. The zero-order valence-electron chi connectivity index (χ0n) is 12.2. The SMILES string of the molecule is CN1C(=O)CC(NCC2(C)CCCS2)c2ccccc21. The quantitative estimate of drug-likeness (QED) is 0.929. The Hall–Kier alpha value is -1.00. The van der Waals surface area contributed by atoms with E-state index in [1.165, 1.54) is 24.2 Å². The number of carbonyl (C=O) groups excluding carboxylic acids is 1. The van der Waals surface area contributed by atoms with Gasteiger partial charge in [-0.3, -0.25) is 4.79 Å². The molecule has 1 saturated heterocycles. The van der Waals surface area contributed by atoms with Crippen molar-refractivity contribution in [3.63, 3.8) is 0 Å². The lowest BCUT2D eigenvalue weighted by molar-refractivity contribution is -0.119. The highest BCUT2D eigenvalue weighted by Gasteiger charge is 2.33. The van der Waals surface area contributed by atoms with E-state index < -0.39 is 0 Å². The van der Waals surface area contributed by atoms with Gasteiger partial charge in [-0.2, -0.15) is 11.8 Å². The van der Waals surface area contributed by atoms with Gasteiger partial charge in [0.1, 0.15) is 0 Å². The van der Waals surface area contributed by atoms with Crippen molar-refractivity contribution in [1.82, 2.24) is 5.32 Å². The minimum atomic E-state index is 0.160. The first kappa shape index (κ1) is 14.0. The number of hydrogen-bond donors (Lipinski definition) is 1. The van der Waals surface area contributed by atoms with E-state index in [9.17, 15) is 4.79 Å². The molecule has 2 aliphatic rings. The molecule has 0 radical (unpaired) electrons. The molecule has 0 aromatic heterocycles. The molecular weight excluding hydrogens is 268 g/mol. The summed E-state index contributed by atoms with van der Waals surface area (Å²) in [4.78, 5) is 13.9. The summed E-state index contributed by atoms with van der Waals surface area (Å²) in [5, 5.41) is 3.64. The average Bonchev–Trinajstić information content (AvgIpc) is 2.89. The van der Waals surface area contributed by atoms with Crippen molar-refractivity contribution in [1.29, 1.82) is 0 Å². The molecule has 1 aromatic carbocycles. The molecular formula is C16H22N2OS. The van der Waals surface area contributed by atoms with Crippen LogP contribution >= 0.6 is 11.8 Å². The van der Waals surface area contributed by atoms with Crippen molar-refractivity contribution >= 4 is 23.4 Å². The van der Waals surface area contributed by atoms with Crippen LogP contribution in [0.1, 0.15) is 37.8 Å². The minimum absolute atomic E-state index is 0.160. The maximum Gasteiger partial charge on any atom is 0.228 e. The molecule has 0 saturated carbocycles. The number of fused-ring (bicyclic) bond motifs is 1. The van der Waals surface area contributed by atoms with Crippen LogP contribution in [0, 0.1) is 0 Å². The van der Waals surface area contributed by atoms with Gasteiger partial charge in [-0.25, -0.2) is 0 Å². The van der Waals surface area contributed by atoms with Gasteiger partial charge < -0.3 is 10.2 Å². The Morgan fingerprint density at radius 2 is 2.25 bits per heavy atom. The molecule has 2 atom stereocenters. The van der Waals surface area contributed by atoms with Crippen LogP contribution < -0.4 is 10.2 Å². The largest absolute Gasteiger partial charge is 0.315 e. The van der Waals surface area contributed by atoms with Crippen molar-refractivity contribution in [3.05, 3.63) is 29.8 Å². The molecule has 20 heavy (non-hydrogen) atoms. The van der Waals surface area contributed by atoms with Gasteiger partial charge in [0.25, 0.3) is 0 Å². The van der Waals surface area contributed by atoms with Crippen molar-refractivity contribution < 1.29 is 4.79 Å². The van der Waals surface area contributed by atoms with E-state index in [0.29, 0.717) is 11.2 Å². The summed E-state index contributed by atoms with van der Waals surface area (Å²) < 4.78 is 0.335. The summed E-state index contributed by atoms with van der Waals surface area (Å²) in [6.45, 7) is 3.31. The van der Waals surface area contributed by atoms with E-state index >= 15 is 0 Å². The third-order valence-electron chi connectivity index (χ3n) is 4.45. The van der Waals surface area contributed by atoms with E-state index in [2.05, 4.69) is 36.1 Å². The number of benzene rings is 1. The van der Waals surface area contributed by atoms with E-state index in [4.69, 9.17) is 0 Å². The molecule has 2 heterocycles. The summed E-state index contributed by atoms with van der Waals surface area (Å²) in [6, 6.07) is 8.39. The standard InChI is InChI=1S/C16H22N2OS/c1-16(8-5-9-20-16)11-17-13-10-15(19)18(2)14-7-4-3-6-12(13)14/h3-4,6-7,13,17H,5,8-11H2,1-2H3. The first-order valence-corrected chi connectivity index (χ1v) is 8.30. The number of rotatable bonds is 3. The summed E-state index contributed by atoms with van der Waals surface area (Å²) in [5.41, 5.74) is 2.30. The van der Waals surface area contributed by atoms with Gasteiger partial charge in [0, 0.05) is 36.5 Å². The molecule has 0 aliphatic carbocycles. The first-order valence-electron chi connectivity index (χ1n) is 7.32. The molecule has 2 unspecified atom stereocenters. The van der Waals surface area contributed by atoms with Crippen LogP contribution in [0.5, 0.6) is 0 Å². The number of anilines is 1. The minimum Gasteiger partial charge on any atom is -0.315 e. The van der Waals surface area contributed by atoms with Gasteiger partial charge >= 0.3 is 0 Å². The Bertz CT molecular complexity index is 511. The Morgan fingerprint density at radius 3 is 3.00 bits per heavy atom. The molecule has 108 valence electrons. The maximum atomic E-state index is 12.1. The van der Waals surface area contributed by atoms with Crippen molar-refractivity contribution in [2.24, 2.45) is 0 Å². The van der Waals surface area contributed by atoms with Crippen LogP contribution in [0.15, 0.2) is 24.3 Å². The van der Waals surface area contributed by atoms with E-state index in [-0.39, 0.29) is 11.9 Å². The molecule has 3 rings (SSSR count). The molecule has 1 aromatic rings. The number of nitrogens with zero attached hydrogens (tertiary/aromatic N) is 1.